The van der Waals surface area contributed by atoms with Crippen LogP contribution in [-0.4, -0.2) is 5.78 Å². The quantitative estimate of drug-likeness (QED) is 0.799. The van der Waals surface area contributed by atoms with Gasteiger partial charge in [-0.05, 0) is 35.9 Å². The smallest absolute Gasteiger partial charge is 0.187 e. The van der Waals surface area contributed by atoms with Gasteiger partial charge in [-0.1, -0.05) is 23.7 Å². The van der Waals surface area contributed by atoms with Gasteiger partial charge in [0, 0.05) is 5.02 Å². The summed E-state index contributed by atoms with van der Waals surface area (Å²) in [7, 11) is 0. The van der Waals surface area contributed by atoms with Crippen LogP contribution in [0.5, 0.6) is 0 Å². The highest BCUT2D eigenvalue weighted by Gasteiger charge is 2.24. The Morgan fingerprint density at radius 1 is 1.15 bits per heavy atom. The van der Waals surface area contributed by atoms with Crippen molar-refractivity contribution in [3.63, 3.8) is 0 Å². The van der Waals surface area contributed by atoms with E-state index >= 15 is 0 Å². The van der Waals surface area contributed by atoms with Crippen LogP contribution in [0.25, 0.3) is 0 Å². The van der Waals surface area contributed by atoms with Crippen LogP contribution in [0.4, 0.5) is 8.78 Å². The van der Waals surface area contributed by atoms with Crippen molar-refractivity contribution in [2.24, 2.45) is 0 Å². The van der Waals surface area contributed by atoms with Crippen molar-refractivity contribution in [1.82, 2.24) is 0 Å². The summed E-state index contributed by atoms with van der Waals surface area (Å²) in [6, 6.07) is 10.3. The topological polar surface area (TPSA) is 40.9 Å². The number of rotatable bonds is 3. The number of hydrogen-bond acceptors (Lipinski definition) is 2. The molecular weight excluding hydrogens is 284 g/mol. The summed E-state index contributed by atoms with van der Waals surface area (Å²) in [5, 5.41) is 9.32. The zero-order valence-corrected chi connectivity index (χ0v) is 10.9. The van der Waals surface area contributed by atoms with Crippen molar-refractivity contribution in [2.45, 2.75) is 5.92 Å². The van der Waals surface area contributed by atoms with Gasteiger partial charge in [-0.3, -0.25) is 4.79 Å². The fraction of sp³-hybridized carbons (Fsp3) is 0.0667. The van der Waals surface area contributed by atoms with Crippen LogP contribution in [0.3, 0.4) is 0 Å². The average molecular weight is 292 g/mol. The van der Waals surface area contributed by atoms with Crippen LogP contribution >= 0.6 is 11.6 Å². The maximum atomic E-state index is 13.6. The number of Topliss-reactive ketones (excluding diaryl/α,β-unsaturated/α-hetero) is 1. The first-order valence-electron chi connectivity index (χ1n) is 5.67. The Morgan fingerprint density at radius 2 is 1.80 bits per heavy atom. The monoisotopic (exact) mass is 291 g/mol. The minimum Gasteiger partial charge on any atom is -0.292 e. The van der Waals surface area contributed by atoms with E-state index < -0.39 is 23.3 Å². The molecule has 0 saturated carbocycles. The second-order valence-corrected chi connectivity index (χ2v) is 4.54. The van der Waals surface area contributed by atoms with Crippen molar-refractivity contribution in [3.05, 3.63) is 70.2 Å². The number of halogens is 3. The van der Waals surface area contributed by atoms with Crippen molar-refractivity contribution in [3.8, 4) is 6.07 Å². The van der Waals surface area contributed by atoms with Crippen LogP contribution in [0.1, 0.15) is 21.8 Å². The molecule has 0 amide bonds. The molecule has 1 atom stereocenters. The lowest BCUT2D eigenvalue weighted by molar-refractivity contribution is 0.0975. The molecule has 0 heterocycles. The number of carbonyl (C=O) groups is 1. The van der Waals surface area contributed by atoms with Gasteiger partial charge in [-0.15, -0.1) is 0 Å². The summed E-state index contributed by atoms with van der Waals surface area (Å²) in [5.41, 5.74) is 0.0478. The molecule has 0 aliphatic heterocycles. The molecule has 2 aromatic rings. The normalized spacial score (nSPS) is 11.7. The third-order valence-electron chi connectivity index (χ3n) is 2.79. The van der Waals surface area contributed by atoms with Crippen molar-refractivity contribution in [2.75, 3.05) is 0 Å². The van der Waals surface area contributed by atoms with E-state index in [9.17, 15) is 13.6 Å². The highest BCUT2D eigenvalue weighted by molar-refractivity contribution is 6.31. The maximum Gasteiger partial charge on any atom is 0.187 e. The van der Waals surface area contributed by atoms with Gasteiger partial charge in [-0.25, -0.2) is 8.78 Å². The molecule has 20 heavy (non-hydrogen) atoms. The van der Waals surface area contributed by atoms with E-state index in [1.165, 1.54) is 24.3 Å². The molecular formula is C15H8ClF2NO. The van der Waals surface area contributed by atoms with E-state index in [2.05, 4.69) is 0 Å². The fourth-order valence-corrected chi connectivity index (χ4v) is 1.95. The van der Waals surface area contributed by atoms with Gasteiger partial charge in [0.1, 0.15) is 17.6 Å². The van der Waals surface area contributed by atoms with E-state index in [4.69, 9.17) is 16.9 Å². The van der Waals surface area contributed by atoms with Crippen LogP contribution in [-0.2, 0) is 0 Å². The molecule has 100 valence electrons. The first-order valence-corrected chi connectivity index (χ1v) is 6.05. The first kappa shape index (κ1) is 14.2. The summed E-state index contributed by atoms with van der Waals surface area (Å²) in [6.07, 6.45) is 0. The van der Waals surface area contributed by atoms with E-state index in [1.54, 1.807) is 6.07 Å². The Hall–Kier alpha value is -2.25. The summed E-state index contributed by atoms with van der Waals surface area (Å²) < 4.78 is 26.5. The van der Waals surface area contributed by atoms with Crippen molar-refractivity contribution in [1.29, 1.82) is 5.26 Å². The van der Waals surface area contributed by atoms with Gasteiger partial charge < -0.3 is 0 Å². The van der Waals surface area contributed by atoms with E-state index in [0.29, 0.717) is 5.56 Å². The number of nitrogens with zero attached hydrogens (tertiary/aromatic N) is 1. The maximum absolute atomic E-state index is 13.6. The van der Waals surface area contributed by atoms with Crippen LogP contribution in [0.15, 0.2) is 42.5 Å². The molecule has 0 spiro atoms. The Bertz CT molecular complexity index is 692. The molecule has 2 aromatic carbocycles. The van der Waals surface area contributed by atoms with Crippen molar-refractivity contribution >= 4 is 17.4 Å². The van der Waals surface area contributed by atoms with Gasteiger partial charge in [-0.2, -0.15) is 5.26 Å². The number of ketones is 1. The molecule has 2 rings (SSSR count). The predicted octanol–water partition coefficient (Wildman–Crippen LogP) is 4.11. The Kier molecular flexibility index (Phi) is 4.11. The fourth-order valence-electron chi connectivity index (χ4n) is 1.78. The zero-order valence-electron chi connectivity index (χ0n) is 10.1. The summed E-state index contributed by atoms with van der Waals surface area (Å²) >= 11 is 5.72. The molecule has 5 heteroatoms. The van der Waals surface area contributed by atoms with E-state index in [0.717, 1.165) is 18.2 Å². The molecule has 0 aliphatic carbocycles. The van der Waals surface area contributed by atoms with Crippen LogP contribution < -0.4 is 0 Å². The number of carbonyl (C=O) groups excluding carboxylic acids is 1. The minimum atomic E-state index is -1.21. The standard InChI is InChI=1S/C15H8ClF2NO/c16-10-3-6-14(18)12(7-10)15(20)13(8-19)9-1-4-11(17)5-2-9/h1-7,13H. The summed E-state index contributed by atoms with van der Waals surface area (Å²) in [6.45, 7) is 0. The Balaban J connectivity index is 2.42. The summed E-state index contributed by atoms with van der Waals surface area (Å²) in [4.78, 5) is 12.2. The second kappa shape index (κ2) is 5.81. The molecule has 0 fully saturated rings. The lowest BCUT2D eigenvalue weighted by Crippen LogP contribution is -2.13. The third-order valence-corrected chi connectivity index (χ3v) is 3.02. The highest BCUT2D eigenvalue weighted by Crippen LogP contribution is 2.24. The third kappa shape index (κ3) is 2.84. The molecule has 0 aliphatic rings. The number of benzene rings is 2. The minimum absolute atomic E-state index is 0.200. The van der Waals surface area contributed by atoms with Gasteiger partial charge in [0.2, 0.25) is 0 Å². The van der Waals surface area contributed by atoms with Crippen LogP contribution in [0.2, 0.25) is 5.02 Å². The number of nitriles is 1. The lowest BCUT2D eigenvalue weighted by Gasteiger charge is -2.09. The van der Waals surface area contributed by atoms with E-state index in [-0.39, 0.29) is 10.6 Å². The predicted molar refractivity (Wildman–Crippen MR) is 70.5 cm³/mol. The van der Waals surface area contributed by atoms with Crippen LogP contribution in [0, 0.1) is 23.0 Å². The second-order valence-electron chi connectivity index (χ2n) is 4.10. The highest BCUT2D eigenvalue weighted by atomic mass is 35.5. The van der Waals surface area contributed by atoms with Gasteiger partial charge in [0.25, 0.3) is 0 Å². The Labute approximate surface area is 119 Å². The first-order chi connectivity index (χ1) is 9.52. The van der Waals surface area contributed by atoms with Gasteiger partial charge in [0.15, 0.2) is 5.78 Å². The number of hydrogen-bond donors (Lipinski definition) is 0. The molecule has 2 nitrogen and oxygen atoms in total. The molecule has 0 saturated heterocycles. The Morgan fingerprint density at radius 3 is 2.40 bits per heavy atom. The molecule has 0 bridgehead atoms. The SMILES string of the molecule is N#CC(C(=O)c1cc(Cl)ccc1F)c1ccc(F)cc1. The largest absolute Gasteiger partial charge is 0.292 e. The van der Waals surface area contributed by atoms with E-state index in [1.807, 2.05) is 0 Å². The zero-order chi connectivity index (χ0) is 14.7. The molecule has 1 unspecified atom stereocenters. The molecule has 0 aromatic heterocycles. The van der Waals surface area contributed by atoms with Gasteiger partial charge in [0.05, 0.1) is 11.6 Å². The van der Waals surface area contributed by atoms with Crippen molar-refractivity contribution < 1.29 is 13.6 Å². The average Bonchev–Trinajstić information content (AvgIpc) is 2.44. The van der Waals surface area contributed by atoms with Gasteiger partial charge >= 0.3 is 0 Å². The summed E-state index contributed by atoms with van der Waals surface area (Å²) in [5.74, 6) is -3.14. The molecule has 0 N–H and O–H groups in total. The lowest BCUT2D eigenvalue weighted by atomic mass is 9.91. The molecule has 0 radical (unpaired) electrons.